The summed E-state index contributed by atoms with van der Waals surface area (Å²) in [5, 5.41) is 2.01. The van der Waals surface area contributed by atoms with Gasteiger partial charge in [-0.3, -0.25) is 4.79 Å². The first kappa shape index (κ1) is 10.8. The molecule has 0 radical (unpaired) electrons. The molecule has 0 spiro atoms. The molecule has 1 aromatic rings. The predicted molar refractivity (Wildman–Crippen MR) is 62.0 cm³/mol. The van der Waals surface area contributed by atoms with Crippen molar-refractivity contribution in [3.05, 3.63) is 17.1 Å². The molecule has 1 aromatic heterocycles. The molecule has 0 aliphatic heterocycles. The Morgan fingerprint density at radius 1 is 1.53 bits per heavy atom. The number of nitrogens with zero attached hydrogens (tertiary/aromatic N) is 1. The van der Waals surface area contributed by atoms with Gasteiger partial charge < -0.3 is 0 Å². The SMILES string of the molecule is CC(C)C1CCC(=O)CC1c1ccsn1. The molecule has 2 unspecified atom stereocenters. The average molecular weight is 223 g/mol. The molecule has 0 aromatic carbocycles. The van der Waals surface area contributed by atoms with Crippen molar-refractivity contribution in [3.63, 3.8) is 0 Å². The number of carbonyl (C=O) groups excluding carboxylic acids is 1. The van der Waals surface area contributed by atoms with E-state index in [2.05, 4.69) is 24.3 Å². The Morgan fingerprint density at radius 3 is 2.93 bits per heavy atom. The minimum Gasteiger partial charge on any atom is -0.300 e. The lowest BCUT2D eigenvalue weighted by Gasteiger charge is -2.32. The van der Waals surface area contributed by atoms with Crippen LogP contribution in [-0.2, 0) is 4.79 Å². The van der Waals surface area contributed by atoms with Crippen molar-refractivity contribution in [3.8, 4) is 0 Å². The summed E-state index contributed by atoms with van der Waals surface area (Å²) in [7, 11) is 0. The first-order chi connectivity index (χ1) is 7.18. The zero-order valence-electron chi connectivity index (χ0n) is 9.27. The second-order valence-corrected chi connectivity index (χ2v) is 5.39. The number of carbonyl (C=O) groups is 1. The minimum absolute atomic E-state index is 0.373. The Hall–Kier alpha value is -0.700. The van der Waals surface area contributed by atoms with Crippen LogP contribution in [0.25, 0.3) is 0 Å². The molecular formula is C12H17NOS. The van der Waals surface area contributed by atoms with Crippen LogP contribution < -0.4 is 0 Å². The van der Waals surface area contributed by atoms with E-state index in [0.717, 1.165) is 18.5 Å². The van der Waals surface area contributed by atoms with E-state index < -0.39 is 0 Å². The maximum absolute atomic E-state index is 11.5. The number of hydrogen-bond acceptors (Lipinski definition) is 3. The van der Waals surface area contributed by atoms with Gasteiger partial charge in [0.15, 0.2) is 0 Å². The third-order valence-corrected chi connectivity index (χ3v) is 3.99. The largest absolute Gasteiger partial charge is 0.300 e. The van der Waals surface area contributed by atoms with Crippen LogP contribution in [0.5, 0.6) is 0 Å². The van der Waals surface area contributed by atoms with E-state index in [-0.39, 0.29) is 0 Å². The molecule has 0 amide bonds. The van der Waals surface area contributed by atoms with Crippen molar-refractivity contribution in [1.29, 1.82) is 0 Å². The maximum Gasteiger partial charge on any atom is 0.133 e. The lowest BCUT2D eigenvalue weighted by molar-refractivity contribution is -0.121. The molecule has 2 nitrogen and oxygen atoms in total. The van der Waals surface area contributed by atoms with Gasteiger partial charge in [-0.25, -0.2) is 0 Å². The molecule has 1 aliphatic rings. The molecule has 2 atom stereocenters. The number of aromatic nitrogens is 1. The van der Waals surface area contributed by atoms with Gasteiger partial charge in [0.2, 0.25) is 0 Å². The lowest BCUT2D eigenvalue weighted by Crippen LogP contribution is -2.27. The molecule has 82 valence electrons. The van der Waals surface area contributed by atoms with Crippen molar-refractivity contribution in [2.24, 2.45) is 11.8 Å². The summed E-state index contributed by atoms with van der Waals surface area (Å²) in [4.78, 5) is 11.5. The quantitative estimate of drug-likeness (QED) is 0.770. The Bertz CT molecular complexity index is 331. The standard InChI is InChI=1S/C12H17NOS/c1-8(2)10-4-3-9(14)7-11(10)12-5-6-15-13-12/h5-6,8,10-11H,3-4,7H2,1-2H3. The van der Waals surface area contributed by atoms with Crippen molar-refractivity contribution >= 4 is 17.3 Å². The van der Waals surface area contributed by atoms with Gasteiger partial charge in [0.1, 0.15) is 5.78 Å². The van der Waals surface area contributed by atoms with E-state index >= 15 is 0 Å². The predicted octanol–water partition coefficient (Wildman–Crippen LogP) is 3.25. The topological polar surface area (TPSA) is 30.0 Å². The highest BCUT2D eigenvalue weighted by Crippen LogP contribution is 2.39. The van der Waals surface area contributed by atoms with Crippen LogP contribution in [-0.4, -0.2) is 10.2 Å². The number of ketones is 1. The van der Waals surface area contributed by atoms with Gasteiger partial charge in [0.25, 0.3) is 0 Å². The molecular weight excluding hydrogens is 206 g/mol. The fourth-order valence-corrected chi connectivity index (χ4v) is 3.14. The summed E-state index contributed by atoms with van der Waals surface area (Å²) in [6.45, 7) is 4.50. The highest BCUT2D eigenvalue weighted by molar-refractivity contribution is 7.03. The van der Waals surface area contributed by atoms with Gasteiger partial charge >= 0.3 is 0 Å². The fraction of sp³-hybridized carbons (Fsp3) is 0.667. The van der Waals surface area contributed by atoms with E-state index in [4.69, 9.17) is 0 Å². The first-order valence-electron chi connectivity index (χ1n) is 5.60. The minimum atomic E-state index is 0.373. The average Bonchev–Trinajstić information content (AvgIpc) is 2.69. The van der Waals surface area contributed by atoms with Crippen molar-refractivity contribution in [1.82, 2.24) is 4.37 Å². The smallest absolute Gasteiger partial charge is 0.133 e. The van der Waals surface area contributed by atoms with Crippen LogP contribution in [0.2, 0.25) is 0 Å². The first-order valence-corrected chi connectivity index (χ1v) is 6.44. The van der Waals surface area contributed by atoms with E-state index in [1.807, 2.05) is 5.38 Å². The van der Waals surface area contributed by atoms with Crippen LogP contribution >= 0.6 is 11.5 Å². The van der Waals surface area contributed by atoms with Crippen LogP contribution in [0, 0.1) is 11.8 Å². The molecule has 0 N–H and O–H groups in total. The molecule has 2 rings (SSSR count). The second-order valence-electron chi connectivity index (χ2n) is 4.72. The summed E-state index contributed by atoms with van der Waals surface area (Å²) in [5.41, 5.74) is 1.13. The normalized spacial score (nSPS) is 27.3. The summed E-state index contributed by atoms with van der Waals surface area (Å²) in [6.07, 6.45) is 2.51. The maximum atomic E-state index is 11.5. The van der Waals surface area contributed by atoms with Gasteiger partial charge in [0.05, 0.1) is 5.69 Å². The van der Waals surface area contributed by atoms with Crippen LogP contribution in [0.4, 0.5) is 0 Å². The third-order valence-electron chi connectivity index (χ3n) is 3.41. The van der Waals surface area contributed by atoms with Crippen LogP contribution in [0.3, 0.4) is 0 Å². The van der Waals surface area contributed by atoms with Gasteiger partial charge in [-0.15, -0.1) is 0 Å². The Kier molecular flexibility index (Phi) is 3.19. The van der Waals surface area contributed by atoms with Crippen molar-refractivity contribution in [2.45, 2.75) is 39.0 Å². The molecule has 3 heteroatoms. The summed E-state index contributed by atoms with van der Waals surface area (Å²) >= 11 is 1.49. The molecule has 0 saturated heterocycles. The van der Waals surface area contributed by atoms with Gasteiger partial charge in [-0.2, -0.15) is 4.37 Å². The number of rotatable bonds is 2. The molecule has 15 heavy (non-hydrogen) atoms. The zero-order chi connectivity index (χ0) is 10.8. The van der Waals surface area contributed by atoms with E-state index in [0.29, 0.717) is 30.0 Å². The fourth-order valence-electron chi connectivity index (χ4n) is 2.56. The van der Waals surface area contributed by atoms with Gasteiger partial charge in [-0.05, 0) is 35.9 Å². The number of hydrogen-bond donors (Lipinski definition) is 0. The summed E-state index contributed by atoms with van der Waals surface area (Å²) in [5.74, 6) is 2.05. The lowest BCUT2D eigenvalue weighted by atomic mass is 9.72. The summed E-state index contributed by atoms with van der Waals surface area (Å²) in [6, 6.07) is 2.07. The van der Waals surface area contributed by atoms with Crippen molar-refractivity contribution < 1.29 is 4.79 Å². The van der Waals surface area contributed by atoms with Crippen molar-refractivity contribution in [2.75, 3.05) is 0 Å². The van der Waals surface area contributed by atoms with E-state index in [1.54, 1.807) is 0 Å². The highest BCUT2D eigenvalue weighted by atomic mass is 32.1. The monoisotopic (exact) mass is 223 g/mol. The molecule has 1 heterocycles. The van der Waals surface area contributed by atoms with Crippen LogP contribution in [0.15, 0.2) is 11.4 Å². The third kappa shape index (κ3) is 2.28. The number of Topliss-reactive ketones (excluding diaryl/α,β-unsaturated/α-hetero) is 1. The molecule has 0 bridgehead atoms. The molecule has 1 aliphatic carbocycles. The Labute approximate surface area is 94.9 Å². The van der Waals surface area contributed by atoms with E-state index in [9.17, 15) is 4.79 Å². The van der Waals surface area contributed by atoms with Gasteiger partial charge in [-0.1, -0.05) is 13.8 Å². The van der Waals surface area contributed by atoms with E-state index in [1.165, 1.54) is 11.5 Å². The second kappa shape index (κ2) is 4.44. The van der Waals surface area contributed by atoms with Gasteiger partial charge in [0, 0.05) is 24.1 Å². The molecule has 1 fully saturated rings. The Balaban J connectivity index is 2.20. The highest BCUT2D eigenvalue weighted by Gasteiger charge is 2.33. The van der Waals surface area contributed by atoms with Crippen LogP contribution in [0.1, 0.15) is 44.7 Å². The molecule has 1 saturated carbocycles. The summed E-state index contributed by atoms with van der Waals surface area (Å²) < 4.78 is 4.40. The Morgan fingerprint density at radius 2 is 2.33 bits per heavy atom. The zero-order valence-corrected chi connectivity index (χ0v) is 10.1.